The number of hydrogen-bond donors (Lipinski definition) is 2. The van der Waals surface area contributed by atoms with E-state index in [1.807, 2.05) is 48.5 Å². The molecule has 2 amide bonds. The number of imidazole rings is 1. The lowest BCUT2D eigenvalue weighted by Crippen LogP contribution is -2.23. The van der Waals surface area contributed by atoms with Gasteiger partial charge in [0.05, 0.1) is 16.8 Å². The van der Waals surface area contributed by atoms with E-state index in [1.165, 1.54) is 11.8 Å². The summed E-state index contributed by atoms with van der Waals surface area (Å²) in [5.74, 6) is 0.279. The molecule has 0 radical (unpaired) electrons. The number of carbonyl (C=O) groups is 2. The molecule has 3 aromatic rings. The highest BCUT2D eigenvalue weighted by molar-refractivity contribution is 7.99. The minimum absolute atomic E-state index is 0.111. The van der Waals surface area contributed by atoms with Crippen LogP contribution in [0, 0.1) is 0 Å². The Hall–Kier alpha value is -2.80. The van der Waals surface area contributed by atoms with Crippen molar-refractivity contribution in [1.82, 2.24) is 9.97 Å². The van der Waals surface area contributed by atoms with Gasteiger partial charge >= 0.3 is 0 Å². The molecule has 0 spiro atoms. The Kier molecular flexibility index (Phi) is 4.62. The molecule has 0 unspecified atom stereocenters. The fourth-order valence-corrected chi connectivity index (χ4v) is 3.69. The van der Waals surface area contributed by atoms with Crippen LogP contribution in [0.3, 0.4) is 0 Å². The van der Waals surface area contributed by atoms with Crippen LogP contribution in [0.4, 0.5) is 11.4 Å². The smallest absolute Gasteiger partial charge is 0.234 e. The van der Waals surface area contributed by atoms with Gasteiger partial charge in [0.1, 0.15) is 0 Å². The Labute approximate surface area is 155 Å². The van der Waals surface area contributed by atoms with Gasteiger partial charge in [-0.15, -0.1) is 0 Å². The maximum atomic E-state index is 12.2. The summed E-state index contributed by atoms with van der Waals surface area (Å²) in [7, 11) is 0. The molecular weight excluding hydrogens is 348 g/mol. The minimum Gasteiger partial charge on any atom is -0.333 e. The molecule has 2 N–H and O–H groups in total. The third-order valence-electron chi connectivity index (χ3n) is 4.22. The number of hydrogen-bond acceptors (Lipinski definition) is 4. The summed E-state index contributed by atoms with van der Waals surface area (Å²) >= 11 is 1.36. The molecule has 1 aromatic heterocycles. The number of carbonyl (C=O) groups excluding carboxylic acids is 2. The summed E-state index contributed by atoms with van der Waals surface area (Å²) in [6.07, 6.45) is 1.47. The predicted molar refractivity (Wildman–Crippen MR) is 103 cm³/mol. The van der Waals surface area contributed by atoms with Crippen molar-refractivity contribution in [2.24, 2.45) is 0 Å². The molecule has 1 fully saturated rings. The van der Waals surface area contributed by atoms with Gasteiger partial charge in [0, 0.05) is 24.3 Å². The molecule has 0 atom stereocenters. The number of thioether (sulfide) groups is 1. The molecule has 0 aliphatic carbocycles. The molecule has 2 aromatic carbocycles. The summed E-state index contributed by atoms with van der Waals surface area (Å²) in [5.41, 5.74) is 3.37. The average molecular weight is 366 g/mol. The fraction of sp³-hybridized carbons (Fsp3) is 0.211. The third-order valence-corrected chi connectivity index (χ3v) is 5.10. The highest BCUT2D eigenvalue weighted by Gasteiger charge is 2.21. The molecule has 1 saturated heterocycles. The van der Waals surface area contributed by atoms with Crippen molar-refractivity contribution in [1.29, 1.82) is 0 Å². The van der Waals surface area contributed by atoms with Crippen molar-refractivity contribution in [3.05, 3.63) is 48.5 Å². The van der Waals surface area contributed by atoms with E-state index in [1.54, 1.807) is 4.90 Å². The lowest BCUT2D eigenvalue weighted by molar-refractivity contribution is -0.117. The molecule has 6 nitrogen and oxygen atoms in total. The molecule has 132 valence electrons. The second-order valence-corrected chi connectivity index (χ2v) is 7.06. The van der Waals surface area contributed by atoms with Gasteiger partial charge in [0.2, 0.25) is 11.8 Å². The predicted octanol–water partition coefficient (Wildman–Crippen LogP) is 3.42. The Morgan fingerprint density at radius 3 is 2.92 bits per heavy atom. The molecular formula is C19H18N4O2S. The van der Waals surface area contributed by atoms with E-state index >= 15 is 0 Å². The van der Waals surface area contributed by atoms with E-state index in [-0.39, 0.29) is 17.6 Å². The Morgan fingerprint density at radius 1 is 1.23 bits per heavy atom. The van der Waals surface area contributed by atoms with Gasteiger partial charge in [0.15, 0.2) is 5.16 Å². The van der Waals surface area contributed by atoms with Crippen molar-refractivity contribution in [2.45, 2.75) is 18.0 Å². The van der Waals surface area contributed by atoms with Crippen LogP contribution in [0.15, 0.2) is 53.7 Å². The van der Waals surface area contributed by atoms with Gasteiger partial charge in [-0.25, -0.2) is 4.98 Å². The number of rotatable bonds is 5. The number of fused-ring (bicyclic) bond motifs is 1. The molecule has 26 heavy (non-hydrogen) atoms. The van der Waals surface area contributed by atoms with E-state index in [2.05, 4.69) is 15.3 Å². The monoisotopic (exact) mass is 366 g/mol. The summed E-state index contributed by atoms with van der Waals surface area (Å²) in [5, 5.41) is 3.61. The fourth-order valence-electron chi connectivity index (χ4n) is 3.00. The lowest BCUT2D eigenvalue weighted by Gasteiger charge is -2.16. The standard InChI is InChI=1S/C19H18N4O2S/c24-17(12-26-19-21-15-7-1-2-8-16(15)22-19)20-13-5-3-6-14(11-13)23-10-4-9-18(23)25/h1-3,5-8,11H,4,9-10,12H2,(H,20,24)(H,21,22). The Bertz CT molecular complexity index is 936. The van der Waals surface area contributed by atoms with Crippen LogP contribution < -0.4 is 10.2 Å². The lowest BCUT2D eigenvalue weighted by atomic mass is 10.2. The van der Waals surface area contributed by atoms with E-state index < -0.39 is 0 Å². The summed E-state index contributed by atoms with van der Waals surface area (Å²) in [4.78, 5) is 33.5. The number of aromatic nitrogens is 2. The summed E-state index contributed by atoms with van der Waals surface area (Å²) in [6.45, 7) is 0.734. The van der Waals surface area contributed by atoms with Crippen molar-refractivity contribution in [2.75, 3.05) is 22.5 Å². The molecule has 2 heterocycles. The van der Waals surface area contributed by atoms with Crippen LogP contribution in [0.5, 0.6) is 0 Å². The SMILES string of the molecule is O=C(CSc1nc2ccccc2[nH]1)Nc1cccc(N2CCCC2=O)c1. The quantitative estimate of drug-likeness (QED) is 0.678. The van der Waals surface area contributed by atoms with Crippen molar-refractivity contribution >= 4 is 46.0 Å². The number of amides is 2. The van der Waals surface area contributed by atoms with Crippen LogP contribution in [0.25, 0.3) is 11.0 Å². The van der Waals surface area contributed by atoms with Crippen molar-refractivity contribution < 1.29 is 9.59 Å². The molecule has 1 aliphatic heterocycles. The molecule has 0 saturated carbocycles. The number of nitrogens with one attached hydrogen (secondary N) is 2. The first-order valence-corrected chi connectivity index (χ1v) is 9.45. The number of benzene rings is 2. The second kappa shape index (κ2) is 7.21. The minimum atomic E-state index is -0.111. The van der Waals surface area contributed by atoms with Gasteiger partial charge in [-0.1, -0.05) is 30.0 Å². The first-order chi connectivity index (χ1) is 12.7. The highest BCUT2D eigenvalue weighted by Crippen LogP contribution is 2.25. The average Bonchev–Trinajstić information content (AvgIpc) is 3.25. The van der Waals surface area contributed by atoms with Gasteiger partial charge in [0.25, 0.3) is 0 Å². The number of aromatic amines is 1. The van der Waals surface area contributed by atoms with E-state index in [0.717, 1.165) is 34.8 Å². The normalized spacial score (nSPS) is 14.2. The van der Waals surface area contributed by atoms with Crippen LogP contribution >= 0.6 is 11.8 Å². The zero-order valence-corrected chi connectivity index (χ0v) is 14.9. The van der Waals surface area contributed by atoms with Crippen LogP contribution in [-0.4, -0.2) is 34.1 Å². The molecule has 7 heteroatoms. The van der Waals surface area contributed by atoms with Crippen molar-refractivity contribution in [3.63, 3.8) is 0 Å². The first-order valence-electron chi connectivity index (χ1n) is 8.47. The van der Waals surface area contributed by atoms with Gasteiger partial charge in [-0.2, -0.15) is 0 Å². The van der Waals surface area contributed by atoms with E-state index in [9.17, 15) is 9.59 Å². The first kappa shape index (κ1) is 16.7. The number of para-hydroxylation sites is 2. The van der Waals surface area contributed by atoms with Crippen LogP contribution in [-0.2, 0) is 9.59 Å². The number of H-pyrrole nitrogens is 1. The number of nitrogens with zero attached hydrogens (tertiary/aromatic N) is 2. The Balaban J connectivity index is 1.38. The summed E-state index contributed by atoms with van der Waals surface area (Å²) in [6, 6.07) is 15.2. The Morgan fingerprint density at radius 2 is 2.12 bits per heavy atom. The number of anilines is 2. The largest absolute Gasteiger partial charge is 0.333 e. The zero-order chi connectivity index (χ0) is 17.9. The maximum absolute atomic E-state index is 12.2. The van der Waals surface area contributed by atoms with Crippen LogP contribution in [0.1, 0.15) is 12.8 Å². The maximum Gasteiger partial charge on any atom is 0.234 e. The topological polar surface area (TPSA) is 78.1 Å². The third kappa shape index (κ3) is 3.57. The van der Waals surface area contributed by atoms with E-state index in [4.69, 9.17) is 0 Å². The zero-order valence-electron chi connectivity index (χ0n) is 14.1. The molecule has 4 rings (SSSR count). The van der Waals surface area contributed by atoms with E-state index in [0.29, 0.717) is 12.1 Å². The van der Waals surface area contributed by atoms with Crippen molar-refractivity contribution in [3.8, 4) is 0 Å². The van der Waals surface area contributed by atoms with Crippen LogP contribution in [0.2, 0.25) is 0 Å². The van der Waals surface area contributed by atoms with Gasteiger partial charge in [-0.3, -0.25) is 9.59 Å². The highest BCUT2D eigenvalue weighted by atomic mass is 32.2. The van der Waals surface area contributed by atoms with Gasteiger partial charge in [-0.05, 0) is 36.8 Å². The summed E-state index contributed by atoms with van der Waals surface area (Å²) < 4.78 is 0. The second-order valence-electron chi connectivity index (χ2n) is 6.10. The van der Waals surface area contributed by atoms with Gasteiger partial charge < -0.3 is 15.2 Å². The molecule has 1 aliphatic rings. The molecule has 0 bridgehead atoms.